The first-order valence-electron chi connectivity index (χ1n) is 9.79. The van der Waals surface area contributed by atoms with E-state index in [9.17, 15) is 14.5 Å². The van der Waals surface area contributed by atoms with Crippen molar-refractivity contribution in [2.24, 2.45) is 0 Å². The molecule has 1 aliphatic heterocycles. The van der Waals surface area contributed by atoms with Gasteiger partial charge in [-0.15, -0.1) is 0 Å². The lowest BCUT2D eigenvalue weighted by Crippen LogP contribution is -3.00. The van der Waals surface area contributed by atoms with Crippen molar-refractivity contribution < 1.29 is 56.7 Å². The second-order valence-corrected chi connectivity index (χ2v) is 10.5. The van der Waals surface area contributed by atoms with Crippen molar-refractivity contribution in [2.75, 3.05) is 59.2 Å². The van der Waals surface area contributed by atoms with Crippen molar-refractivity contribution in [2.45, 2.75) is 52.7 Å². The summed E-state index contributed by atoms with van der Waals surface area (Å²) in [6.07, 6.45) is 0.686. The second kappa shape index (κ2) is 12.1. The summed E-state index contributed by atoms with van der Waals surface area (Å²) >= 11 is 0. The van der Waals surface area contributed by atoms with Crippen LogP contribution in [0.1, 0.15) is 41.0 Å². The summed E-state index contributed by atoms with van der Waals surface area (Å²) in [7, 11) is -0.936. The van der Waals surface area contributed by atoms with E-state index in [1.807, 2.05) is 20.8 Å². The van der Waals surface area contributed by atoms with Crippen LogP contribution in [-0.4, -0.2) is 91.4 Å². The minimum Gasteiger partial charge on any atom is -1.00 e. The Labute approximate surface area is 187 Å². The third-order valence-electron chi connectivity index (χ3n) is 4.59. The summed E-state index contributed by atoms with van der Waals surface area (Å²) in [6, 6.07) is -0.288. The summed E-state index contributed by atoms with van der Waals surface area (Å²) in [5.41, 5.74) is -0.563. The number of halogens is 1. The van der Waals surface area contributed by atoms with E-state index in [1.54, 1.807) is 18.7 Å². The highest BCUT2D eigenvalue weighted by atomic mass is 127. The van der Waals surface area contributed by atoms with E-state index in [2.05, 4.69) is 7.05 Å². The van der Waals surface area contributed by atoms with Gasteiger partial charge in [-0.05, 0) is 34.6 Å². The molecule has 0 aliphatic carbocycles. The fraction of sp³-hybridized carbons (Fsp3) is 0.944. The molecule has 0 bridgehead atoms. The van der Waals surface area contributed by atoms with E-state index in [0.29, 0.717) is 43.4 Å². The molecule has 1 rings (SSSR count). The normalized spacial score (nSPS) is 23.2. The molecule has 0 saturated carbocycles. The number of aliphatic hydroxyl groups is 1. The van der Waals surface area contributed by atoms with Gasteiger partial charge in [0.05, 0.1) is 52.7 Å². The van der Waals surface area contributed by atoms with E-state index in [1.165, 1.54) is 0 Å². The van der Waals surface area contributed by atoms with Gasteiger partial charge >= 0.3 is 13.7 Å². The molecule has 2 atom stereocenters. The molecule has 10 heteroatoms. The van der Waals surface area contributed by atoms with E-state index in [0.717, 1.165) is 13.1 Å². The summed E-state index contributed by atoms with van der Waals surface area (Å²) in [5, 5.41) is 9.79. The van der Waals surface area contributed by atoms with Gasteiger partial charge < -0.3 is 47.4 Å². The topological polar surface area (TPSA) is 85.3 Å². The lowest BCUT2D eigenvalue weighted by molar-refractivity contribution is -0.916. The van der Waals surface area contributed by atoms with E-state index in [4.69, 9.17) is 13.8 Å². The van der Waals surface area contributed by atoms with E-state index >= 15 is 0 Å². The minimum atomic E-state index is -3.03. The van der Waals surface area contributed by atoms with E-state index < -0.39 is 13.2 Å². The van der Waals surface area contributed by atoms with Gasteiger partial charge in [0.15, 0.2) is 0 Å². The maximum Gasteiger partial charge on any atom is 0.411 e. The number of nitrogens with zero attached hydrogens (tertiary/aromatic N) is 2. The highest BCUT2D eigenvalue weighted by Gasteiger charge is 2.40. The quantitative estimate of drug-likeness (QED) is 0.248. The van der Waals surface area contributed by atoms with E-state index in [-0.39, 0.29) is 42.7 Å². The summed E-state index contributed by atoms with van der Waals surface area (Å²) < 4.78 is 29.4. The molecule has 0 aromatic heterocycles. The molecule has 0 aromatic carbocycles. The zero-order valence-electron chi connectivity index (χ0n) is 18.1. The Balaban J connectivity index is 0.00000729. The van der Waals surface area contributed by atoms with Crippen LogP contribution in [-0.2, 0) is 18.3 Å². The van der Waals surface area contributed by atoms with Gasteiger partial charge in [0, 0.05) is 6.42 Å². The maximum atomic E-state index is 12.6. The molecule has 0 aromatic rings. The number of carbonyl (C=O) groups is 1. The third-order valence-corrected chi connectivity index (χ3v) is 6.76. The van der Waals surface area contributed by atoms with Crippen molar-refractivity contribution in [3.63, 3.8) is 0 Å². The second-order valence-electron chi connectivity index (χ2n) is 8.28. The van der Waals surface area contributed by atoms with Gasteiger partial charge in [-0.3, -0.25) is 9.46 Å². The fourth-order valence-electron chi connectivity index (χ4n) is 3.36. The SMILES string of the molecule is CCOP(=O)(CCC[N+]1(C)CCN(C(=O)OC(C)(C)C)[C@@H](CO)C1)OCC.[I-]. The van der Waals surface area contributed by atoms with Crippen LogP contribution >= 0.6 is 7.60 Å². The van der Waals surface area contributed by atoms with Gasteiger partial charge in [0.1, 0.15) is 18.2 Å². The van der Waals surface area contributed by atoms with Crippen molar-refractivity contribution in [3.05, 3.63) is 0 Å². The van der Waals surface area contributed by atoms with Gasteiger partial charge in [0.2, 0.25) is 0 Å². The summed E-state index contributed by atoms with van der Waals surface area (Å²) in [6.45, 7) is 12.4. The molecule has 1 amide bonds. The molecule has 1 N–H and O–H groups in total. The van der Waals surface area contributed by atoms with Crippen LogP contribution in [0.3, 0.4) is 0 Å². The molecule has 1 unspecified atom stereocenters. The molecule has 1 heterocycles. The Kier molecular flexibility index (Phi) is 12.1. The number of ether oxygens (including phenoxy) is 1. The first kappa shape index (κ1) is 28.1. The average molecular weight is 536 g/mol. The minimum absolute atomic E-state index is 0. The van der Waals surface area contributed by atoms with Crippen molar-refractivity contribution in [3.8, 4) is 0 Å². The van der Waals surface area contributed by atoms with Crippen LogP contribution in [0.4, 0.5) is 4.79 Å². The number of amides is 1. The van der Waals surface area contributed by atoms with Crippen LogP contribution in [0.5, 0.6) is 0 Å². The highest BCUT2D eigenvalue weighted by molar-refractivity contribution is 7.53. The molecular formula is C18H38IN2O6P. The molecule has 0 radical (unpaired) electrons. The van der Waals surface area contributed by atoms with Crippen LogP contribution in [0.25, 0.3) is 0 Å². The third kappa shape index (κ3) is 9.26. The Morgan fingerprint density at radius 1 is 1.25 bits per heavy atom. The molecule has 1 fully saturated rings. The maximum absolute atomic E-state index is 12.6. The molecule has 1 aliphatic rings. The molecule has 8 nitrogen and oxygen atoms in total. The van der Waals surface area contributed by atoms with Crippen LogP contribution in [0.15, 0.2) is 0 Å². The van der Waals surface area contributed by atoms with Gasteiger partial charge in [-0.2, -0.15) is 0 Å². The first-order chi connectivity index (χ1) is 12.5. The Bertz CT molecular complexity index is 521. The smallest absolute Gasteiger partial charge is 0.411 e. The zero-order chi connectivity index (χ0) is 20.7. The molecule has 0 spiro atoms. The predicted molar refractivity (Wildman–Crippen MR) is 105 cm³/mol. The zero-order valence-corrected chi connectivity index (χ0v) is 21.2. The van der Waals surface area contributed by atoms with Gasteiger partial charge in [-0.25, -0.2) is 4.79 Å². The largest absolute Gasteiger partial charge is 1.00 e. The number of likely N-dealkylation sites (N-methyl/N-ethyl adjacent to an activating group) is 1. The van der Waals surface area contributed by atoms with Gasteiger partial charge in [0.25, 0.3) is 0 Å². The molecule has 168 valence electrons. The lowest BCUT2D eigenvalue weighted by Gasteiger charge is -2.46. The Morgan fingerprint density at radius 3 is 2.29 bits per heavy atom. The van der Waals surface area contributed by atoms with Gasteiger partial charge in [-0.1, -0.05) is 0 Å². The van der Waals surface area contributed by atoms with Crippen molar-refractivity contribution >= 4 is 13.7 Å². The van der Waals surface area contributed by atoms with Crippen molar-refractivity contribution in [1.82, 2.24) is 4.90 Å². The number of quaternary nitrogens is 1. The summed E-state index contributed by atoms with van der Waals surface area (Å²) in [4.78, 5) is 14.0. The lowest BCUT2D eigenvalue weighted by atomic mass is 10.1. The fourth-order valence-corrected chi connectivity index (χ4v) is 5.00. The number of hydrogen-bond donors (Lipinski definition) is 1. The molecular weight excluding hydrogens is 498 g/mol. The average Bonchev–Trinajstić information content (AvgIpc) is 2.53. The van der Waals surface area contributed by atoms with Crippen LogP contribution in [0.2, 0.25) is 0 Å². The number of carbonyl (C=O) groups excluding carboxylic acids is 1. The first-order valence-corrected chi connectivity index (χ1v) is 11.5. The standard InChI is InChI=1S/C18H38N2O6P.HI/c1-7-24-27(23,25-8-2)13-9-11-20(6)12-10-19(16(14-20)15-21)17(22)26-18(3,4)5;/h16,21H,7-15H2,1-6H3;1H/q+1;/p-1/t16-,20?;/m1./s1. The number of piperazine rings is 1. The highest BCUT2D eigenvalue weighted by Crippen LogP contribution is 2.48. The number of rotatable bonds is 9. The van der Waals surface area contributed by atoms with Crippen LogP contribution < -0.4 is 24.0 Å². The Hall–Kier alpha value is 0.0700. The Morgan fingerprint density at radius 2 is 1.82 bits per heavy atom. The monoisotopic (exact) mass is 536 g/mol. The molecule has 1 saturated heterocycles. The molecule has 28 heavy (non-hydrogen) atoms. The van der Waals surface area contributed by atoms with Crippen molar-refractivity contribution in [1.29, 1.82) is 0 Å². The van der Waals surface area contributed by atoms with Crippen LogP contribution in [0, 0.1) is 0 Å². The number of hydrogen-bond acceptors (Lipinski definition) is 6. The predicted octanol–water partition coefficient (Wildman–Crippen LogP) is -0.295. The summed E-state index contributed by atoms with van der Waals surface area (Å²) in [5.74, 6) is 0. The number of aliphatic hydroxyl groups excluding tert-OH is 1.